The van der Waals surface area contributed by atoms with Gasteiger partial charge in [0.1, 0.15) is 19.4 Å². The lowest BCUT2D eigenvalue weighted by atomic mass is 9.99. The van der Waals surface area contributed by atoms with Crippen LogP contribution in [0.25, 0.3) is 21.7 Å². The van der Waals surface area contributed by atoms with Gasteiger partial charge in [0.2, 0.25) is 5.82 Å². The van der Waals surface area contributed by atoms with Crippen molar-refractivity contribution in [2.24, 2.45) is 5.11 Å². The molecule has 0 N–H and O–H groups in total. The summed E-state index contributed by atoms with van der Waals surface area (Å²) in [4.78, 5) is 6.53. The normalized spacial score (nSPS) is 11.8. The summed E-state index contributed by atoms with van der Waals surface area (Å²) >= 11 is 0. The van der Waals surface area contributed by atoms with Crippen molar-refractivity contribution in [2.75, 3.05) is 0 Å². The third-order valence-corrected chi connectivity index (χ3v) is 3.48. The Labute approximate surface area is 139 Å². The van der Waals surface area contributed by atoms with E-state index >= 15 is 0 Å². The van der Waals surface area contributed by atoms with Crippen molar-refractivity contribution in [1.29, 1.82) is 0 Å². The van der Waals surface area contributed by atoms with Gasteiger partial charge in [-0.1, -0.05) is 11.5 Å². The molecule has 4 rings (SSSR count). The van der Waals surface area contributed by atoms with E-state index < -0.39 is 17.4 Å². The number of aromatic nitrogens is 6. The highest BCUT2D eigenvalue weighted by molar-refractivity contribution is 6.32. The second kappa shape index (κ2) is 5.25. The van der Waals surface area contributed by atoms with E-state index in [-0.39, 0.29) is 17.1 Å². The lowest BCUT2D eigenvalue weighted by molar-refractivity contribution is 0.0258. The van der Waals surface area contributed by atoms with Gasteiger partial charge < -0.3 is 0 Å². The highest BCUT2D eigenvalue weighted by Gasteiger charge is 2.41. The molecule has 12 heteroatoms. The summed E-state index contributed by atoms with van der Waals surface area (Å²) in [6.07, 6.45) is 2.56. The first-order chi connectivity index (χ1) is 12.0. The summed E-state index contributed by atoms with van der Waals surface area (Å²) < 4.78 is 32.1. The lowest BCUT2D eigenvalue weighted by Gasteiger charge is -2.14. The third-order valence-electron chi connectivity index (χ3n) is 3.48. The van der Waals surface area contributed by atoms with Gasteiger partial charge in [-0.2, -0.15) is 13.9 Å². The second-order valence-electron chi connectivity index (χ2n) is 5.10. The molecule has 0 saturated heterocycles. The lowest BCUT2D eigenvalue weighted by Crippen LogP contribution is -2.22. The van der Waals surface area contributed by atoms with Crippen LogP contribution in [-0.2, 0) is 5.92 Å². The number of azide groups is 1. The number of hydrogen-bond acceptors (Lipinski definition) is 5. The number of imidazole rings is 1. The van der Waals surface area contributed by atoms with Gasteiger partial charge in [-0.3, -0.25) is 4.40 Å². The summed E-state index contributed by atoms with van der Waals surface area (Å²) in [6.45, 7) is 0. The Morgan fingerprint density at radius 3 is 2.72 bits per heavy atom. The number of rotatable bonds is 3. The Morgan fingerprint density at radius 2 is 1.92 bits per heavy atom. The van der Waals surface area contributed by atoms with Gasteiger partial charge in [0, 0.05) is 11.1 Å². The molecular formula is C13H6BF2N9. The zero-order chi connectivity index (χ0) is 17.6. The van der Waals surface area contributed by atoms with Crippen molar-refractivity contribution in [3.05, 3.63) is 58.6 Å². The Balaban J connectivity index is 1.87. The molecule has 0 spiro atoms. The molecular weight excluding hydrogens is 331 g/mol. The van der Waals surface area contributed by atoms with E-state index in [0.29, 0.717) is 5.46 Å². The quantitative estimate of drug-likeness (QED) is 0.245. The average molecular weight is 337 g/mol. The first-order valence-corrected chi connectivity index (χ1v) is 6.89. The number of nitrogens with zero attached hydrogens (tertiary/aromatic N) is 9. The minimum absolute atomic E-state index is 0.0242. The van der Waals surface area contributed by atoms with Gasteiger partial charge in [0.25, 0.3) is 0 Å². The van der Waals surface area contributed by atoms with E-state index in [1.807, 2.05) is 0 Å². The smallest absolute Gasteiger partial charge is 0.282 e. The van der Waals surface area contributed by atoms with Crippen LogP contribution in [0.15, 0.2) is 41.8 Å². The number of hydrogen-bond donors (Lipinski definition) is 0. The molecule has 0 fully saturated rings. The standard InChI is InChI=1S/C13H6BF2N9/c14-7-1-3-11-20-21-12(24(11)5-7)13(15,16)8-2-4-10-18-9(19-23-17)6-25(10)22-8/h1-6H. The van der Waals surface area contributed by atoms with E-state index in [2.05, 4.69) is 30.3 Å². The average Bonchev–Trinajstić information content (AvgIpc) is 3.17. The summed E-state index contributed by atoms with van der Waals surface area (Å²) in [5, 5.41) is 14.5. The van der Waals surface area contributed by atoms with Gasteiger partial charge in [-0.15, -0.1) is 10.2 Å². The number of halogens is 2. The van der Waals surface area contributed by atoms with E-state index in [9.17, 15) is 8.78 Å². The number of fused-ring (bicyclic) bond motifs is 2. The highest BCUT2D eigenvalue weighted by atomic mass is 19.3. The van der Waals surface area contributed by atoms with Crippen molar-refractivity contribution in [3.63, 3.8) is 0 Å². The molecule has 0 aliphatic heterocycles. The molecule has 9 nitrogen and oxygen atoms in total. The first kappa shape index (κ1) is 15.0. The molecule has 0 aliphatic carbocycles. The molecule has 0 amide bonds. The highest BCUT2D eigenvalue weighted by Crippen LogP contribution is 2.33. The van der Waals surface area contributed by atoms with Crippen LogP contribution in [0, 0.1) is 0 Å². The Morgan fingerprint density at radius 1 is 1.12 bits per heavy atom. The molecule has 0 unspecified atom stereocenters. The van der Waals surface area contributed by atoms with Crippen molar-refractivity contribution in [1.82, 2.24) is 29.2 Å². The van der Waals surface area contributed by atoms with E-state index in [0.717, 1.165) is 15.0 Å². The second-order valence-corrected chi connectivity index (χ2v) is 5.10. The zero-order valence-electron chi connectivity index (χ0n) is 12.3. The van der Waals surface area contributed by atoms with Crippen molar-refractivity contribution >= 4 is 30.4 Å². The van der Waals surface area contributed by atoms with Gasteiger partial charge in [0.15, 0.2) is 11.3 Å². The Bertz CT molecular complexity index is 1160. The van der Waals surface area contributed by atoms with Crippen LogP contribution in [0.4, 0.5) is 14.6 Å². The number of alkyl halides is 2. The van der Waals surface area contributed by atoms with Crippen LogP contribution in [0.5, 0.6) is 0 Å². The molecule has 0 atom stereocenters. The predicted molar refractivity (Wildman–Crippen MR) is 83.2 cm³/mol. The topological polar surface area (TPSA) is 109 Å². The van der Waals surface area contributed by atoms with Crippen molar-refractivity contribution in [3.8, 4) is 0 Å². The van der Waals surface area contributed by atoms with E-state index in [1.165, 1.54) is 24.5 Å². The molecule has 2 radical (unpaired) electrons. The molecule has 0 aliphatic rings. The molecule has 0 aromatic carbocycles. The van der Waals surface area contributed by atoms with Gasteiger partial charge in [0.05, 0.1) is 6.20 Å². The maximum atomic E-state index is 14.9. The van der Waals surface area contributed by atoms with Gasteiger partial charge in [-0.25, -0.2) is 9.50 Å². The SMILES string of the molecule is [B]c1ccc2nnc(C(F)(F)c3ccc4nc(N=[N+]=[N-])cn4n3)n2c1. The largest absolute Gasteiger partial charge is 0.350 e. The molecule has 0 bridgehead atoms. The van der Waals surface area contributed by atoms with Crippen molar-refractivity contribution < 1.29 is 8.78 Å². The van der Waals surface area contributed by atoms with Crippen LogP contribution in [0.1, 0.15) is 11.5 Å². The summed E-state index contributed by atoms with van der Waals surface area (Å²) in [7, 11) is 5.65. The van der Waals surface area contributed by atoms with E-state index in [1.54, 1.807) is 6.07 Å². The minimum Gasteiger partial charge on any atom is -0.282 e. The fourth-order valence-corrected chi connectivity index (χ4v) is 2.37. The van der Waals surface area contributed by atoms with Gasteiger partial charge >= 0.3 is 5.92 Å². The maximum absolute atomic E-state index is 14.9. The van der Waals surface area contributed by atoms with E-state index in [4.69, 9.17) is 13.4 Å². The summed E-state index contributed by atoms with van der Waals surface area (Å²) in [5.74, 6) is -4.13. The molecule has 25 heavy (non-hydrogen) atoms. The third kappa shape index (κ3) is 2.36. The van der Waals surface area contributed by atoms with Gasteiger partial charge in [-0.05, 0) is 28.8 Å². The zero-order valence-corrected chi connectivity index (χ0v) is 12.3. The maximum Gasteiger partial charge on any atom is 0.350 e. The summed E-state index contributed by atoms with van der Waals surface area (Å²) in [5.41, 5.74) is 8.64. The van der Waals surface area contributed by atoms with Crippen LogP contribution in [0.2, 0.25) is 0 Å². The molecule has 4 aromatic rings. The van der Waals surface area contributed by atoms with Crippen LogP contribution < -0.4 is 5.46 Å². The molecule has 4 heterocycles. The Kier molecular flexibility index (Phi) is 3.15. The Hall–Kier alpha value is -3.53. The fourth-order valence-electron chi connectivity index (χ4n) is 2.37. The first-order valence-electron chi connectivity index (χ1n) is 6.89. The minimum atomic E-state index is -3.54. The monoisotopic (exact) mass is 337 g/mol. The fraction of sp³-hybridized carbons (Fsp3) is 0.0769. The summed E-state index contributed by atoms with van der Waals surface area (Å²) in [6, 6.07) is 5.49. The number of pyridine rings is 1. The molecule has 0 saturated carbocycles. The predicted octanol–water partition coefficient (Wildman–Crippen LogP) is 1.65. The van der Waals surface area contributed by atoms with Crippen LogP contribution in [0.3, 0.4) is 0 Å². The molecule has 4 aromatic heterocycles. The van der Waals surface area contributed by atoms with Crippen molar-refractivity contribution in [2.45, 2.75) is 5.92 Å². The van der Waals surface area contributed by atoms with Crippen LogP contribution in [-0.4, -0.2) is 37.0 Å². The van der Waals surface area contributed by atoms with Crippen LogP contribution >= 0.6 is 0 Å². The molecule has 120 valence electrons.